The maximum Gasteiger partial charge on any atom is 0.522 e. The molecule has 0 bridgehead atoms. The Morgan fingerprint density at radius 2 is 0.797 bits per heavy atom. The number of nitrogens with zero attached hydrogens (tertiary/aromatic N) is 1. The van der Waals surface area contributed by atoms with Crippen LogP contribution in [-0.2, 0) is 68.5 Å². The Morgan fingerprint density at radius 1 is 0.459 bits per heavy atom. The van der Waals surface area contributed by atoms with Crippen LogP contribution in [0.4, 0.5) is 13.2 Å². The molecule has 0 aliphatic heterocycles. The summed E-state index contributed by atoms with van der Waals surface area (Å²) in [6.07, 6.45) is 57.6. The van der Waals surface area contributed by atoms with E-state index in [1.165, 1.54) is 75.3 Å². The number of rotatable bonds is 42. The minimum Gasteiger partial charge on any atom is -0.469 e. The number of alkyl halides is 3. The van der Waals surface area contributed by atoms with Gasteiger partial charge in [-0.1, -0.05) is 293 Å². The number of terminal acetylenes is 2. The lowest BCUT2D eigenvalue weighted by Gasteiger charge is -2.42. The standard InChI is InChI=1S/C19H38O4Si.C19H34OSi.C18H34O2Si.C17H34O2Si.C12H18N2O.C12H14N2.C10H21F3O3SSi.C8H14O2.5CH4/c1-13(2)24(14(3)4,15(5)6)23-11-10-16-8-9-18(20)17(12-16)19(21)22-7;1-8-18-10-9-11-19(14-18)12-13-20-21(15(2)3,16(4)5)17(6)7;1-14(2)21(15(3)4,16(5)6)20-11-10-17-8-7-9-18(12-17)13-19;1-13(2)20(14(3)4,15(5)6)19-12-11-16-7-9-17(18)10-8-16;1-2-9-4-3-5-10(6-9)7-11-8-13-12(15)14-11;1-2-10-4-3-5-11(6-10)7-12-8-13-9-14-12;1-7(2)18(8(3)4,9(5)6)16-17(14,15)10(11,12)13;9-6-5-7-1-3-8(10)4-2-7;;;;;/h13-18,20H,8-12H2,1-7H3;1,10,15-17,19H,9,11-14H2,2-7H3;9,13-17H,7-8,10-12H2,1-6H3;13-16H,7-12H2,1-6H3;4,8,10H,2-3,5-7H2,1H3,(H2,13,14,15);1,4,8-9,11H,3,5-7H2,(H,13,14);7-9H,1-6H3;7,9H,1-6H2;5*1H4. The van der Waals surface area contributed by atoms with Gasteiger partial charge in [-0.25, -0.2) is 9.78 Å². The van der Waals surface area contributed by atoms with Gasteiger partial charge in [-0.2, -0.15) is 21.6 Å². The zero-order valence-electron chi connectivity index (χ0n) is 95.8. The molecule has 864 valence electrons. The van der Waals surface area contributed by atoms with Gasteiger partial charge in [0.2, 0.25) is 8.32 Å². The van der Waals surface area contributed by atoms with E-state index in [1.54, 1.807) is 59.6 Å². The molecule has 19 nitrogen and oxygen atoms in total. The second-order valence-corrected chi connectivity index (χ2v) is 76.2. The van der Waals surface area contributed by atoms with Crippen LogP contribution in [0.2, 0.25) is 83.1 Å². The highest BCUT2D eigenvalue weighted by Crippen LogP contribution is 2.50. The van der Waals surface area contributed by atoms with Crippen molar-refractivity contribution >= 4 is 75.5 Å². The van der Waals surface area contributed by atoms with E-state index in [1.807, 2.05) is 6.20 Å². The van der Waals surface area contributed by atoms with Gasteiger partial charge in [0.1, 0.15) is 17.9 Å². The highest BCUT2D eigenvalue weighted by atomic mass is 32.2. The number of carbonyl (C=O) groups is 4. The minimum absolute atomic E-state index is 0. The Bertz CT molecular complexity index is 4190. The van der Waals surface area contributed by atoms with Crippen LogP contribution in [0.3, 0.4) is 0 Å². The lowest BCUT2D eigenvalue weighted by atomic mass is 9.78. The first-order valence-corrected chi connectivity index (χ1v) is 67.9. The number of aldehydes is 1. The third kappa shape index (κ3) is 47.4. The number of ether oxygens (including phenoxy) is 1. The van der Waals surface area contributed by atoms with Gasteiger partial charge in [-0.3, -0.25) is 19.2 Å². The predicted molar refractivity (Wildman–Crippen MR) is 635 cm³/mol. The van der Waals surface area contributed by atoms with E-state index >= 15 is 0 Å². The number of nitrogens with one attached hydrogen (secondary N) is 3. The third-order valence-electron chi connectivity index (χ3n) is 33.1. The van der Waals surface area contributed by atoms with Crippen molar-refractivity contribution in [2.75, 3.05) is 40.1 Å². The summed E-state index contributed by atoms with van der Waals surface area (Å²) >= 11 is 0. The van der Waals surface area contributed by atoms with Crippen LogP contribution in [0.5, 0.6) is 0 Å². The molecule has 7 unspecified atom stereocenters. The molecule has 7 aliphatic rings. The number of aliphatic hydroxyl groups is 2. The topological polar surface area (TPSA) is 276 Å². The van der Waals surface area contributed by atoms with E-state index < -0.39 is 63.3 Å². The van der Waals surface area contributed by atoms with Crippen molar-refractivity contribution in [3.8, 4) is 24.7 Å². The fourth-order valence-electron chi connectivity index (χ4n) is 25.8. The van der Waals surface area contributed by atoms with Crippen LogP contribution in [0, 0.1) is 72.0 Å². The molecule has 5 N–H and O–H groups in total. The number of methoxy groups -OCH3 is 1. The fraction of sp³-hybridized carbons (Fsp3) is 0.817. The maximum absolute atomic E-state index is 12.5. The largest absolute Gasteiger partial charge is 0.522 e. The van der Waals surface area contributed by atoms with Crippen molar-refractivity contribution in [2.45, 2.75) is 546 Å². The number of esters is 1. The number of allylic oxidation sites excluding steroid dienone is 8. The molecule has 0 spiro atoms. The number of carbonyl (C=O) groups excluding carboxylic acids is 4. The number of aromatic amines is 3. The number of H-pyrrole nitrogens is 3. The van der Waals surface area contributed by atoms with Gasteiger partial charge in [0.05, 0.1) is 25.5 Å². The van der Waals surface area contributed by atoms with E-state index in [9.17, 15) is 50.7 Å². The summed E-state index contributed by atoms with van der Waals surface area (Å²) in [7, 11) is -14.1. The van der Waals surface area contributed by atoms with Crippen LogP contribution >= 0.6 is 0 Å². The first-order chi connectivity index (χ1) is 66.9. The number of hydrogen-bond acceptors (Lipinski definition) is 16. The van der Waals surface area contributed by atoms with Crippen molar-refractivity contribution in [1.82, 2.24) is 19.9 Å². The predicted octanol–water partition coefficient (Wildman–Crippen LogP) is 34.3. The van der Waals surface area contributed by atoms with E-state index in [4.69, 9.17) is 44.3 Å². The monoisotopic (exact) mass is 2190 g/mol. The molecule has 0 radical (unpaired) electrons. The lowest BCUT2D eigenvalue weighted by Crippen LogP contribution is -2.51. The number of aromatic nitrogens is 4. The Morgan fingerprint density at radius 3 is 1.13 bits per heavy atom. The summed E-state index contributed by atoms with van der Waals surface area (Å²) in [4.78, 5) is 68.3. The van der Waals surface area contributed by atoms with Gasteiger partial charge in [-0.05, 0) is 315 Å². The van der Waals surface area contributed by atoms with Crippen LogP contribution in [-0.4, -0.2) is 156 Å². The maximum atomic E-state index is 12.5. The summed E-state index contributed by atoms with van der Waals surface area (Å²) in [5, 5.41) is 18.6. The summed E-state index contributed by atoms with van der Waals surface area (Å²) in [6.45, 7) is 72.2. The summed E-state index contributed by atoms with van der Waals surface area (Å²) < 4.78 is 96.0. The van der Waals surface area contributed by atoms with Gasteiger partial charge >= 0.3 is 27.3 Å². The molecular formula is C120H227F3N4O15SSi5. The summed E-state index contributed by atoms with van der Waals surface area (Å²) in [5.41, 5.74) is 8.78. The second-order valence-electron chi connectivity index (χ2n) is 47.2. The quantitative estimate of drug-likeness (QED) is 0.0103. The van der Waals surface area contributed by atoms with Crippen molar-refractivity contribution < 1.29 is 77.3 Å². The van der Waals surface area contributed by atoms with Crippen LogP contribution in [0.15, 0.2) is 70.1 Å². The van der Waals surface area contributed by atoms with Crippen molar-refractivity contribution in [3.63, 3.8) is 0 Å². The summed E-state index contributed by atoms with van der Waals surface area (Å²) in [6, 6.07) is 0. The van der Waals surface area contributed by atoms with Crippen LogP contribution in [0.1, 0.15) is 449 Å². The van der Waals surface area contributed by atoms with Crippen molar-refractivity contribution in [2.24, 2.45) is 47.3 Å². The molecule has 0 amide bonds. The second kappa shape index (κ2) is 74.5. The Balaban J connectivity index is -0.000000804. The normalized spacial score (nSPS) is 19.8. The first kappa shape index (κ1) is 150. The van der Waals surface area contributed by atoms with Gasteiger partial charge in [0, 0.05) is 82.5 Å². The van der Waals surface area contributed by atoms with E-state index in [2.05, 4.69) is 229 Å². The highest BCUT2D eigenvalue weighted by Gasteiger charge is 2.57. The average Bonchev–Trinajstić information content (AvgIpc) is 0.981. The number of hydrogen-bond donors (Lipinski definition) is 5. The molecule has 2 aromatic rings. The van der Waals surface area contributed by atoms with E-state index in [-0.39, 0.29) is 77.9 Å². The van der Waals surface area contributed by atoms with E-state index in [0.29, 0.717) is 120 Å². The number of aliphatic hydroxyl groups excluding tert-OH is 2. The van der Waals surface area contributed by atoms with Gasteiger partial charge in [-0.15, -0.1) is 12.8 Å². The molecule has 2 aromatic heterocycles. The molecular weight excluding hydrogens is 1970 g/mol. The van der Waals surface area contributed by atoms with E-state index in [0.717, 1.165) is 191 Å². The van der Waals surface area contributed by atoms with Crippen LogP contribution in [0.25, 0.3) is 0 Å². The SMILES string of the molecule is C.C.C.C.C.C#CC1=CCCC(CCO[Si](C(C)C)(C(C)C)C(C)C)C1.C#CC1=CCCC(Cc2cnc[nH]2)C1.CC(C)[Si](OCCC1CCC(=O)CC1)(C(C)C)C(C)C.CC(C)[Si](OCCC1CCC=C(C=O)C1)(C(C)C)C(C)C.CC(C)[Si](OS(=O)(=O)C(F)(F)F)(C(C)C)C(C)C.CCC1=CCCC(Cc2c[nH]c(=O)[nH]2)C1.COC(=O)C1CC(CCO[Si](C(C)C)(C(C)C)C(C)C)CCC1O.O=C1CCC(CCO)CC1. The molecule has 9 rings (SSSR count). The minimum atomic E-state index is -5.53. The van der Waals surface area contributed by atoms with Gasteiger partial charge in [0.25, 0.3) is 0 Å². The Labute approximate surface area is 911 Å². The smallest absolute Gasteiger partial charge is 0.469 e. The molecule has 2 heterocycles. The first-order valence-electron chi connectivity index (χ1n) is 55.8. The molecule has 7 atom stereocenters. The molecule has 0 aromatic carbocycles. The van der Waals surface area contributed by atoms with Crippen LogP contribution < -0.4 is 5.69 Å². The zero-order valence-corrected chi connectivity index (χ0v) is 102. The Kier molecular flexibility index (Phi) is 75.3. The number of Topliss-reactive ketones (excluding diaryl/α,β-unsaturated/α-hetero) is 2. The Hall–Kier alpha value is -4.68. The molecule has 0 saturated heterocycles. The fourth-order valence-corrected chi connectivity index (χ4v) is 55.9. The number of halogens is 3. The summed E-state index contributed by atoms with van der Waals surface area (Å²) in [5.74, 6) is 10.3. The molecule has 148 heavy (non-hydrogen) atoms. The lowest BCUT2D eigenvalue weighted by molar-refractivity contribution is -0.152. The molecule has 3 saturated carbocycles. The molecule has 3 fully saturated rings. The zero-order chi connectivity index (χ0) is 109. The van der Waals surface area contributed by atoms with Crippen molar-refractivity contribution in [1.29, 1.82) is 0 Å². The molecule has 28 heteroatoms. The van der Waals surface area contributed by atoms with Crippen molar-refractivity contribution in [3.05, 3.63) is 87.2 Å². The van der Waals surface area contributed by atoms with Gasteiger partial charge < -0.3 is 51.5 Å². The number of ketones is 2. The highest BCUT2D eigenvalue weighted by molar-refractivity contribution is 7.88. The van der Waals surface area contributed by atoms with Gasteiger partial charge in [0.15, 0.2) is 33.3 Å². The number of imidazole rings is 2. The third-order valence-corrected chi connectivity index (χ3v) is 65.6. The molecule has 7 aliphatic carbocycles. The average molecular weight is 2200 g/mol.